The molecule has 0 unspecified atom stereocenters. The number of carbonyl (C=O) groups excluding carboxylic acids is 1. The van der Waals surface area contributed by atoms with E-state index in [2.05, 4.69) is 26.0 Å². The number of aromatic nitrogens is 3. The molecule has 4 aromatic rings. The molecule has 0 spiro atoms. The van der Waals surface area contributed by atoms with Crippen LogP contribution in [0.3, 0.4) is 0 Å². The summed E-state index contributed by atoms with van der Waals surface area (Å²) in [6, 6.07) is 23.8. The van der Waals surface area contributed by atoms with Gasteiger partial charge in [-0.2, -0.15) is 5.10 Å². The molecule has 3 aromatic carbocycles. The summed E-state index contributed by atoms with van der Waals surface area (Å²) in [6.45, 7) is 4.29. The normalized spacial score (nSPS) is 12.0. The van der Waals surface area contributed by atoms with Gasteiger partial charge in [-0.05, 0) is 55.8 Å². The number of hydrazone groups is 1. The minimum atomic E-state index is -0.482. The van der Waals surface area contributed by atoms with Crippen LogP contribution in [0.2, 0.25) is 0 Å². The molecule has 0 aliphatic rings. The number of carbonyl (C=O) groups is 1. The number of halogens is 1. The van der Waals surface area contributed by atoms with Crippen LogP contribution in [0.4, 0.5) is 10.1 Å². The molecule has 4 rings (SSSR count). The number of nitrogens with one attached hydrogen (secondary N) is 2. The first-order chi connectivity index (χ1) is 17.0. The Morgan fingerprint density at radius 3 is 2.49 bits per heavy atom. The van der Waals surface area contributed by atoms with Gasteiger partial charge in [-0.25, -0.2) is 9.82 Å². The van der Waals surface area contributed by atoms with Crippen molar-refractivity contribution in [3.8, 4) is 5.69 Å². The van der Waals surface area contributed by atoms with E-state index in [0.29, 0.717) is 17.3 Å². The van der Waals surface area contributed by atoms with Crippen LogP contribution >= 0.6 is 11.8 Å². The number of anilines is 1. The smallest absolute Gasteiger partial charge is 0.253 e. The maximum atomic E-state index is 13.0. The van der Waals surface area contributed by atoms with Crippen LogP contribution in [0, 0.1) is 12.7 Å². The fraction of sp³-hybridized carbons (Fsp3) is 0.154. The maximum absolute atomic E-state index is 13.0. The van der Waals surface area contributed by atoms with Crippen molar-refractivity contribution < 1.29 is 9.18 Å². The molecule has 178 valence electrons. The summed E-state index contributed by atoms with van der Waals surface area (Å²) in [5, 5.41) is 16.2. The van der Waals surface area contributed by atoms with Gasteiger partial charge in [0.15, 0.2) is 11.0 Å². The SMILES string of the molecule is Cc1ccc(NCc2nnc(S[C@@H](C)C(=O)NN=Cc3ccc(F)cc3)n2-c2ccccc2)cc1. The van der Waals surface area contributed by atoms with Gasteiger partial charge in [-0.15, -0.1) is 10.2 Å². The van der Waals surface area contributed by atoms with E-state index in [1.54, 1.807) is 19.1 Å². The second-order valence-electron chi connectivity index (χ2n) is 7.84. The molecule has 0 bridgehead atoms. The van der Waals surface area contributed by atoms with Gasteiger partial charge in [0.1, 0.15) is 5.82 Å². The molecule has 1 amide bonds. The van der Waals surface area contributed by atoms with Crippen LogP contribution < -0.4 is 10.7 Å². The average Bonchev–Trinajstić information content (AvgIpc) is 3.27. The molecular weight excluding hydrogens is 463 g/mol. The van der Waals surface area contributed by atoms with Crippen molar-refractivity contribution in [3.05, 3.63) is 102 Å². The van der Waals surface area contributed by atoms with Crippen LogP contribution in [0.5, 0.6) is 0 Å². The first-order valence-corrected chi connectivity index (χ1v) is 11.9. The number of benzene rings is 3. The molecule has 1 aromatic heterocycles. The van der Waals surface area contributed by atoms with Crippen LogP contribution in [0.1, 0.15) is 23.9 Å². The highest BCUT2D eigenvalue weighted by Crippen LogP contribution is 2.26. The van der Waals surface area contributed by atoms with Crippen LogP contribution in [-0.2, 0) is 11.3 Å². The van der Waals surface area contributed by atoms with Crippen molar-refractivity contribution >= 4 is 29.6 Å². The molecule has 0 aliphatic heterocycles. The number of amides is 1. The third-order valence-electron chi connectivity index (χ3n) is 5.13. The van der Waals surface area contributed by atoms with Gasteiger partial charge >= 0.3 is 0 Å². The van der Waals surface area contributed by atoms with Gasteiger partial charge in [0, 0.05) is 11.4 Å². The molecule has 9 heteroatoms. The molecule has 1 atom stereocenters. The van der Waals surface area contributed by atoms with Gasteiger partial charge in [-0.3, -0.25) is 9.36 Å². The number of nitrogens with zero attached hydrogens (tertiary/aromatic N) is 4. The van der Waals surface area contributed by atoms with E-state index >= 15 is 0 Å². The van der Waals surface area contributed by atoms with E-state index in [1.807, 2.05) is 66.1 Å². The lowest BCUT2D eigenvalue weighted by Crippen LogP contribution is -2.27. The lowest BCUT2D eigenvalue weighted by Gasteiger charge is -2.13. The quantitative estimate of drug-likeness (QED) is 0.198. The molecule has 0 aliphatic carbocycles. The molecular formula is C26H25FN6OS. The lowest BCUT2D eigenvalue weighted by molar-refractivity contribution is -0.120. The Balaban J connectivity index is 1.46. The molecule has 35 heavy (non-hydrogen) atoms. The zero-order valence-corrected chi connectivity index (χ0v) is 20.2. The van der Waals surface area contributed by atoms with Gasteiger partial charge < -0.3 is 5.32 Å². The highest BCUT2D eigenvalue weighted by atomic mass is 32.2. The fourth-order valence-corrected chi connectivity index (χ4v) is 4.08. The number of hydrogen-bond donors (Lipinski definition) is 2. The molecule has 0 saturated carbocycles. The van der Waals surface area contributed by atoms with E-state index in [-0.39, 0.29) is 11.7 Å². The fourth-order valence-electron chi connectivity index (χ4n) is 3.20. The summed E-state index contributed by atoms with van der Waals surface area (Å²) < 4.78 is 15.0. The Labute approximate surface area is 207 Å². The van der Waals surface area contributed by atoms with E-state index in [0.717, 1.165) is 17.2 Å². The number of hydrogen-bond acceptors (Lipinski definition) is 6. The minimum Gasteiger partial charge on any atom is -0.378 e. The molecule has 2 N–H and O–H groups in total. The van der Waals surface area contributed by atoms with E-state index in [4.69, 9.17) is 0 Å². The monoisotopic (exact) mass is 488 g/mol. The largest absolute Gasteiger partial charge is 0.378 e. The van der Waals surface area contributed by atoms with Crippen molar-refractivity contribution in [2.24, 2.45) is 5.10 Å². The first-order valence-electron chi connectivity index (χ1n) is 11.0. The van der Waals surface area contributed by atoms with Crippen molar-refractivity contribution in [2.45, 2.75) is 30.8 Å². The number of rotatable bonds is 9. The van der Waals surface area contributed by atoms with Crippen LogP contribution in [0.25, 0.3) is 5.69 Å². The van der Waals surface area contributed by atoms with Crippen molar-refractivity contribution in [3.63, 3.8) is 0 Å². The van der Waals surface area contributed by atoms with Crippen molar-refractivity contribution in [2.75, 3.05) is 5.32 Å². The molecule has 0 radical (unpaired) electrons. The van der Waals surface area contributed by atoms with Crippen molar-refractivity contribution in [1.82, 2.24) is 20.2 Å². The van der Waals surface area contributed by atoms with Gasteiger partial charge in [-0.1, -0.05) is 59.8 Å². The maximum Gasteiger partial charge on any atom is 0.253 e. The predicted octanol–water partition coefficient (Wildman–Crippen LogP) is 4.96. The zero-order chi connectivity index (χ0) is 24.6. The Hall–Kier alpha value is -3.98. The molecule has 0 fully saturated rings. The number of para-hydroxylation sites is 1. The standard InChI is InChI=1S/C26H25FN6OS/c1-18-8-14-22(15-9-18)28-17-24-30-32-26(33(24)23-6-4-3-5-7-23)35-19(2)25(34)31-29-16-20-10-12-21(27)13-11-20/h3-16,19,28H,17H2,1-2H3,(H,31,34)/t19-/m0/s1. The predicted molar refractivity (Wildman–Crippen MR) is 137 cm³/mol. The Kier molecular flexibility index (Phi) is 7.89. The zero-order valence-electron chi connectivity index (χ0n) is 19.4. The minimum absolute atomic E-state index is 0.282. The highest BCUT2D eigenvalue weighted by molar-refractivity contribution is 8.00. The van der Waals surface area contributed by atoms with Gasteiger partial charge in [0.25, 0.3) is 5.91 Å². The van der Waals surface area contributed by atoms with Crippen LogP contribution in [0.15, 0.2) is 89.1 Å². The molecule has 1 heterocycles. The second-order valence-corrected chi connectivity index (χ2v) is 9.14. The topological polar surface area (TPSA) is 84.2 Å². The summed E-state index contributed by atoms with van der Waals surface area (Å²) in [5.74, 6) is 0.115. The molecule has 7 nitrogen and oxygen atoms in total. The number of aryl methyl sites for hydroxylation is 1. The first kappa shape index (κ1) is 24.2. The lowest BCUT2D eigenvalue weighted by atomic mass is 10.2. The Morgan fingerprint density at radius 2 is 1.77 bits per heavy atom. The van der Waals surface area contributed by atoms with Crippen LogP contribution in [-0.4, -0.2) is 32.1 Å². The Bertz CT molecular complexity index is 1290. The summed E-state index contributed by atoms with van der Waals surface area (Å²) in [6.07, 6.45) is 1.47. The van der Waals surface area contributed by atoms with E-state index in [9.17, 15) is 9.18 Å². The van der Waals surface area contributed by atoms with Crippen molar-refractivity contribution in [1.29, 1.82) is 0 Å². The van der Waals surface area contributed by atoms with Gasteiger partial charge in [0.2, 0.25) is 0 Å². The summed E-state index contributed by atoms with van der Waals surface area (Å²) in [5.41, 5.74) is 6.29. The second kappa shape index (κ2) is 11.4. The Morgan fingerprint density at radius 1 is 1.06 bits per heavy atom. The molecule has 0 saturated heterocycles. The summed E-state index contributed by atoms with van der Waals surface area (Å²) in [7, 11) is 0. The number of thioether (sulfide) groups is 1. The third-order valence-corrected chi connectivity index (χ3v) is 6.17. The summed E-state index contributed by atoms with van der Waals surface area (Å²) in [4.78, 5) is 12.6. The highest BCUT2D eigenvalue weighted by Gasteiger charge is 2.21. The van der Waals surface area contributed by atoms with Gasteiger partial charge in [0.05, 0.1) is 18.0 Å². The summed E-state index contributed by atoms with van der Waals surface area (Å²) >= 11 is 1.29. The van der Waals surface area contributed by atoms with E-state index < -0.39 is 5.25 Å². The third kappa shape index (κ3) is 6.54. The average molecular weight is 489 g/mol. The van der Waals surface area contributed by atoms with E-state index in [1.165, 1.54) is 35.7 Å².